The van der Waals surface area contributed by atoms with Crippen LogP contribution in [0.1, 0.15) is 30.9 Å². The van der Waals surface area contributed by atoms with E-state index in [1.165, 1.54) is 11.3 Å². The van der Waals surface area contributed by atoms with Gasteiger partial charge in [-0.2, -0.15) is 0 Å². The minimum Gasteiger partial charge on any atom is -0.454 e. The lowest BCUT2D eigenvalue weighted by atomic mass is 10.2. The quantitative estimate of drug-likeness (QED) is 0.666. The fourth-order valence-electron chi connectivity index (χ4n) is 2.83. The van der Waals surface area contributed by atoms with Gasteiger partial charge in [0.15, 0.2) is 11.5 Å². The first-order valence-electron chi connectivity index (χ1n) is 8.10. The van der Waals surface area contributed by atoms with Crippen LogP contribution in [0.2, 0.25) is 0 Å². The first-order valence-corrected chi connectivity index (χ1v) is 9.80. The third-order valence-corrected chi connectivity index (χ3v) is 5.83. The van der Waals surface area contributed by atoms with Gasteiger partial charge in [-0.15, -0.1) is 22.7 Å². The summed E-state index contributed by atoms with van der Waals surface area (Å²) in [4.78, 5) is 24.4. The van der Waals surface area contributed by atoms with Crippen molar-refractivity contribution in [1.82, 2.24) is 14.9 Å². The number of benzene rings is 1. The van der Waals surface area contributed by atoms with Crippen LogP contribution in [0, 0.1) is 13.8 Å². The molecule has 8 heteroatoms. The lowest BCUT2D eigenvalue weighted by Gasteiger charge is -2.21. The van der Waals surface area contributed by atoms with Crippen LogP contribution in [0.15, 0.2) is 29.8 Å². The molecule has 2 aromatic heterocycles. The van der Waals surface area contributed by atoms with Crippen LogP contribution in [0.5, 0.6) is 11.5 Å². The van der Waals surface area contributed by atoms with Crippen LogP contribution in [0.3, 0.4) is 0 Å². The second kappa shape index (κ2) is 7.05. The van der Waals surface area contributed by atoms with Gasteiger partial charge < -0.3 is 14.4 Å². The number of aryl methyl sites for hydroxylation is 2. The monoisotopic (exact) mass is 387 g/mol. The molecule has 1 aromatic carbocycles. The molecule has 0 spiro atoms. The van der Waals surface area contributed by atoms with Gasteiger partial charge in [0.25, 0.3) is 5.91 Å². The van der Waals surface area contributed by atoms with Crippen molar-refractivity contribution in [3.8, 4) is 11.5 Å². The third kappa shape index (κ3) is 3.42. The summed E-state index contributed by atoms with van der Waals surface area (Å²) in [5.41, 5.74) is 1.75. The highest BCUT2D eigenvalue weighted by Gasteiger charge is 2.23. The number of amides is 1. The number of hydrogen-bond donors (Lipinski definition) is 0. The number of fused-ring (bicyclic) bond motifs is 1. The number of carbonyl (C=O) groups excluding carboxylic acids is 1. The first-order chi connectivity index (χ1) is 12.6. The fraction of sp³-hybridized carbons (Fsp3) is 0.278. The summed E-state index contributed by atoms with van der Waals surface area (Å²) in [6, 6.07) is 5.77. The predicted molar refractivity (Wildman–Crippen MR) is 99.8 cm³/mol. The Labute approximate surface area is 159 Å². The fourth-order valence-corrected chi connectivity index (χ4v) is 4.35. The molecule has 0 bridgehead atoms. The van der Waals surface area contributed by atoms with E-state index in [4.69, 9.17) is 9.47 Å². The number of nitrogens with zero attached hydrogens (tertiary/aromatic N) is 3. The summed E-state index contributed by atoms with van der Waals surface area (Å²) >= 11 is 2.97. The number of hydrogen-bond acceptors (Lipinski definition) is 7. The summed E-state index contributed by atoms with van der Waals surface area (Å²) in [5.74, 6) is 1.43. The Morgan fingerprint density at radius 3 is 2.81 bits per heavy atom. The van der Waals surface area contributed by atoms with Gasteiger partial charge >= 0.3 is 0 Å². The zero-order valence-electron chi connectivity index (χ0n) is 14.4. The number of aromatic nitrogens is 2. The average Bonchev–Trinajstić information content (AvgIpc) is 3.34. The van der Waals surface area contributed by atoms with Gasteiger partial charge in [0, 0.05) is 18.1 Å². The predicted octanol–water partition coefficient (Wildman–Crippen LogP) is 3.79. The summed E-state index contributed by atoms with van der Waals surface area (Å²) < 4.78 is 10.8. The Morgan fingerprint density at radius 1 is 1.23 bits per heavy atom. The molecule has 6 nitrogen and oxygen atoms in total. The van der Waals surface area contributed by atoms with Gasteiger partial charge in [0.05, 0.1) is 17.2 Å². The molecule has 1 aliphatic rings. The maximum atomic E-state index is 13.2. The van der Waals surface area contributed by atoms with Crippen LogP contribution in [0.4, 0.5) is 0 Å². The normalized spacial score (nSPS) is 12.4. The summed E-state index contributed by atoms with van der Waals surface area (Å²) in [5, 5.41) is 3.71. The van der Waals surface area contributed by atoms with Gasteiger partial charge in [0.1, 0.15) is 9.88 Å². The Balaban J connectivity index is 1.62. The number of thiazole rings is 2. The van der Waals surface area contributed by atoms with Crippen LogP contribution in [-0.4, -0.2) is 27.6 Å². The first kappa shape index (κ1) is 17.0. The van der Waals surface area contributed by atoms with E-state index in [0.29, 0.717) is 23.7 Å². The van der Waals surface area contributed by atoms with Gasteiger partial charge in [-0.3, -0.25) is 4.79 Å². The molecular weight excluding hydrogens is 370 g/mol. The van der Waals surface area contributed by atoms with Crippen molar-refractivity contribution in [2.24, 2.45) is 0 Å². The zero-order chi connectivity index (χ0) is 18.1. The molecule has 0 aliphatic carbocycles. The summed E-state index contributed by atoms with van der Waals surface area (Å²) in [7, 11) is 0. The van der Waals surface area contributed by atoms with Crippen LogP contribution < -0.4 is 9.47 Å². The molecule has 0 N–H and O–H groups in total. The Morgan fingerprint density at radius 2 is 2.08 bits per heavy atom. The maximum Gasteiger partial charge on any atom is 0.266 e. The van der Waals surface area contributed by atoms with Crippen molar-refractivity contribution in [3.63, 3.8) is 0 Å². The van der Waals surface area contributed by atoms with Crippen LogP contribution in [-0.2, 0) is 13.1 Å². The molecule has 4 rings (SSSR count). The van der Waals surface area contributed by atoms with E-state index in [9.17, 15) is 4.79 Å². The van der Waals surface area contributed by atoms with Crippen molar-refractivity contribution in [2.75, 3.05) is 6.79 Å². The highest BCUT2D eigenvalue weighted by Crippen LogP contribution is 2.33. The van der Waals surface area contributed by atoms with Gasteiger partial charge in [0.2, 0.25) is 6.79 Å². The van der Waals surface area contributed by atoms with Crippen LogP contribution >= 0.6 is 22.7 Å². The number of ether oxygens (including phenoxy) is 2. The van der Waals surface area contributed by atoms with Gasteiger partial charge in [-0.1, -0.05) is 6.07 Å². The van der Waals surface area contributed by atoms with Crippen molar-refractivity contribution in [1.29, 1.82) is 0 Å². The molecular formula is C18H17N3O3S2. The van der Waals surface area contributed by atoms with Crippen molar-refractivity contribution < 1.29 is 14.3 Å². The molecule has 3 heterocycles. The molecule has 0 fully saturated rings. The van der Waals surface area contributed by atoms with E-state index in [1.54, 1.807) is 22.4 Å². The lowest BCUT2D eigenvalue weighted by molar-refractivity contribution is 0.0733. The van der Waals surface area contributed by atoms with E-state index in [0.717, 1.165) is 27.0 Å². The van der Waals surface area contributed by atoms with Crippen molar-refractivity contribution in [2.45, 2.75) is 26.9 Å². The van der Waals surface area contributed by atoms with E-state index in [2.05, 4.69) is 9.97 Å². The van der Waals surface area contributed by atoms with Crippen molar-refractivity contribution in [3.05, 3.63) is 55.9 Å². The third-order valence-electron chi connectivity index (χ3n) is 4.00. The molecule has 3 aromatic rings. The minimum atomic E-state index is -0.0269. The maximum absolute atomic E-state index is 13.2. The highest BCUT2D eigenvalue weighted by atomic mass is 32.1. The Bertz CT molecular complexity index is 937. The molecule has 0 saturated heterocycles. The topological polar surface area (TPSA) is 64.6 Å². The van der Waals surface area contributed by atoms with E-state index in [-0.39, 0.29) is 12.7 Å². The molecule has 26 heavy (non-hydrogen) atoms. The lowest BCUT2D eigenvalue weighted by Crippen LogP contribution is -2.30. The standard InChI is InChI=1S/C18H17N3O3S2/c1-11-17(26-12(2)20-11)18(22)21(9-16-19-5-6-25-16)8-13-3-4-14-15(7-13)24-10-23-14/h3-7H,8-10H2,1-2H3. The van der Waals surface area contributed by atoms with E-state index < -0.39 is 0 Å². The largest absolute Gasteiger partial charge is 0.454 e. The van der Waals surface area contributed by atoms with E-state index in [1.807, 2.05) is 37.4 Å². The molecule has 0 atom stereocenters. The second-order valence-electron chi connectivity index (χ2n) is 5.92. The van der Waals surface area contributed by atoms with Gasteiger partial charge in [-0.25, -0.2) is 9.97 Å². The van der Waals surface area contributed by atoms with E-state index >= 15 is 0 Å². The van der Waals surface area contributed by atoms with Crippen LogP contribution in [0.25, 0.3) is 0 Å². The van der Waals surface area contributed by atoms with Gasteiger partial charge in [-0.05, 0) is 31.5 Å². The SMILES string of the molecule is Cc1nc(C)c(C(=O)N(Cc2ccc3c(c2)OCO3)Cc2nccs2)s1. The molecule has 1 amide bonds. The molecule has 0 unspecified atom stereocenters. The molecule has 134 valence electrons. The number of rotatable bonds is 5. The Hall–Kier alpha value is -2.45. The second-order valence-corrected chi connectivity index (χ2v) is 8.10. The average molecular weight is 387 g/mol. The smallest absolute Gasteiger partial charge is 0.266 e. The Kier molecular flexibility index (Phi) is 4.60. The minimum absolute atomic E-state index is 0.0269. The summed E-state index contributed by atoms with van der Waals surface area (Å²) in [6.45, 7) is 4.95. The molecule has 0 saturated carbocycles. The number of carbonyl (C=O) groups is 1. The molecule has 1 aliphatic heterocycles. The summed E-state index contributed by atoms with van der Waals surface area (Å²) in [6.07, 6.45) is 1.76. The van der Waals surface area contributed by atoms with Crippen molar-refractivity contribution >= 4 is 28.6 Å². The highest BCUT2D eigenvalue weighted by molar-refractivity contribution is 7.13. The zero-order valence-corrected chi connectivity index (χ0v) is 16.0. The molecule has 0 radical (unpaired) electrons.